The van der Waals surface area contributed by atoms with Crippen LogP contribution in [-0.2, 0) is 11.3 Å². The van der Waals surface area contributed by atoms with Gasteiger partial charge < -0.3 is 15.0 Å². The van der Waals surface area contributed by atoms with Crippen molar-refractivity contribution in [1.29, 1.82) is 0 Å². The van der Waals surface area contributed by atoms with Crippen molar-refractivity contribution in [3.8, 4) is 0 Å². The first-order chi connectivity index (χ1) is 8.67. The van der Waals surface area contributed by atoms with E-state index in [0.29, 0.717) is 24.8 Å². The van der Waals surface area contributed by atoms with E-state index < -0.39 is 0 Å². The van der Waals surface area contributed by atoms with Crippen molar-refractivity contribution in [3.05, 3.63) is 34.6 Å². The second-order valence-electron chi connectivity index (χ2n) is 3.83. The van der Waals surface area contributed by atoms with Crippen LogP contribution >= 0.6 is 0 Å². The molecular weight excluding hydrogens is 234 g/mol. The Labute approximate surface area is 104 Å². The van der Waals surface area contributed by atoms with Crippen molar-refractivity contribution in [1.82, 2.24) is 19.7 Å². The van der Waals surface area contributed by atoms with Crippen LogP contribution in [0.25, 0.3) is 0 Å². The molecule has 2 aromatic heterocycles. The SMILES string of the molecule is COCCn1cc(Nc2cc(=O)[nH]c(C)n2)cn1. The van der Waals surface area contributed by atoms with Crippen LogP contribution in [-0.4, -0.2) is 33.5 Å². The summed E-state index contributed by atoms with van der Waals surface area (Å²) >= 11 is 0. The van der Waals surface area contributed by atoms with Crippen LogP contribution in [0.15, 0.2) is 23.3 Å². The molecule has 0 bridgehead atoms. The Morgan fingerprint density at radius 2 is 2.39 bits per heavy atom. The molecule has 96 valence electrons. The molecule has 0 aliphatic carbocycles. The second-order valence-corrected chi connectivity index (χ2v) is 3.83. The monoisotopic (exact) mass is 249 g/mol. The van der Waals surface area contributed by atoms with Gasteiger partial charge in [0.2, 0.25) is 0 Å². The molecule has 0 aliphatic rings. The number of rotatable bonds is 5. The summed E-state index contributed by atoms with van der Waals surface area (Å²) in [5, 5.41) is 7.18. The molecule has 0 aliphatic heterocycles. The van der Waals surface area contributed by atoms with Crippen LogP contribution in [0.1, 0.15) is 5.82 Å². The number of hydrogen-bond donors (Lipinski definition) is 2. The maximum Gasteiger partial charge on any atom is 0.252 e. The standard InChI is InChI=1S/C11H15N5O2/c1-8-13-10(5-11(17)14-8)15-9-6-12-16(7-9)3-4-18-2/h5-7H,3-4H2,1-2H3,(H2,13,14,15,17). The first-order valence-corrected chi connectivity index (χ1v) is 5.54. The number of nitrogens with one attached hydrogen (secondary N) is 2. The van der Waals surface area contributed by atoms with E-state index in [2.05, 4.69) is 20.4 Å². The molecule has 0 amide bonds. The highest BCUT2D eigenvalue weighted by Crippen LogP contribution is 2.11. The average molecular weight is 249 g/mol. The Hall–Kier alpha value is -2.15. The van der Waals surface area contributed by atoms with Crippen molar-refractivity contribution >= 4 is 11.5 Å². The normalized spacial score (nSPS) is 10.6. The van der Waals surface area contributed by atoms with Gasteiger partial charge in [-0.15, -0.1) is 0 Å². The summed E-state index contributed by atoms with van der Waals surface area (Å²) < 4.78 is 6.72. The van der Waals surface area contributed by atoms with Crippen LogP contribution < -0.4 is 10.9 Å². The van der Waals surface area contributed by atoms with E-state index in [1.807, 2.05) is 6.20 Å². The van der Waals surface area contributed by atoms with Gasteiger partial charge in [-0.1, -0.05) is 0 Å². The van der Waals surface area contributed by atoms with E-state index in [9.17, 15) is 4.79 Å². The number of hydrogen-bond acceptors (Lipinski definition) is 5. The van der Waals surface area contributed by atoms with Crippen LogP contribution in [0.2, 0.25) is 0 Å². The molecule has 2 aromatic rings. The molecule has 0 unspecified atom stereocenters. The van der Waals surface area contributed by atoms with E-state index in [0.717, 1.165) is 5.69 Å². The lowest BCUT2D eigenvalue weighted by molar-refractivity contribution is 0.183. The highest BCUT2D eigenvalue weighted by Gasteiger charge is 2.01. The Morgan fingerprint density at radius 3 is 3.11 bits per heavy atom. The summed E-state index contributed by atoms with van der Waals surface area (Å²) in [6.45, 7) is 3.01. The first kappa shape index (κ1) is 12.3. The summed E-state index contributed by atoms with van der Waals surface area (Å²) in [6.07, 6.45) is 3.51. The fourth-order valence-electron chi connectivity index (χ4n) is 1.53. The quantitative estimate of drug-likeness (QED) is 0.813. The molecule has 7 nitrogen and oxygen atoms in total. The van der Waals surface area contributed by atoms with Gasteiger partial charge in [-0.25, -0.2) is 4.98 Å². The van der Waals surface area contributed by atoms with Crippen molar-refractivity contribution in [2.24, 2.45) is 0 Å². The maximum atomic E-state index is 11.3. The van der Waals surface area contributed by atoms with Gasteiger partial charge in [-0.2, -0.15) is 5.10 Å². The first-order valence-electron chi connectivity index (χ1n) is 5.54. The predicted molar refractivity (Wildman–Crippen MR) is 67.0 cm³/mol. The molecule has 7 heteroatoms. The molecule has 0 saturated heterocycles. The molecule has 0 saturated carbocycles. The highest BCUT2D eigenvalue weighted by atomic mass is 16.5. The molecule has 0 atom stereocenters. The summed E-state index contributed by atoms with van der Waals surface area (Å²) in [5.41, 5.74) is 0.598. The van der Waals surface area contributed by atoms with E-state index >= 15 is 0 Å². The molecule has 0 spiro atoms. The number of methoxy groups -OCH3 is 1. The van der Waals surface area contributed by atoms with Crippen molar-refractivity contribution in [3.63, 3.8) is 0 Å². The lowest BCUT2D eigenvalue weighted by Gasteiger charge is -2.02. The zero-order chi connectivity index (χ0) is 13.0. The van der Waals surface area contributed by atoms with E-state index in [1.165, 1.54) is 6.07 Å². The van der Waals surface area contributed by atoms with E-state index in [1.54, 1.807) is 24.9 Å². The maximum absolute atomic E-state index is 11.3. The molecule has 2 heterocycles. The Balaban J connectivity index is 2.08. The molecule has 0 radical (unpaired) electrons. The van der Waals surface area contributed by atoms with Crippen LogP contribution in [0.5, 0.6) is 0 Å². The van der Waals surface area contributed by atoms with Gasteiger partial charge in [-0.05, 0) is 6.92 Å². The van der Waals surface area contributed by atoms with Crippen molar-refractivity contribution < 1.29 is 4.74 Å². The number of aryl methyl sites for hydroxylation is 1. The number of aromatic amines is 1. The molecule has 0 fully saturated rings. The van der Waals surface area contributed by atoms with Crippen molar-refractivity contribution in [2.45, 2.75) is 13.5 Å². The van der Waals surface area contributed by atoms with Crippen LogP contribution in [0.3, 0.4) is 0 Å². The zero-order valence-corrected chi connectivity index (χ0v) is 10.3. The molecule has 2 rings (SSSR count). The van der Waals surface area contributed by atoms with Crippen LogP contribution in [0, 0.1) is 6.92 Å². The lowest BCUT2D eigenvalue weighted by Crippen LogP contribution is -2.09. The summed E-state index contributed by atoms with van der Waals surface area (Å²) in [6, 6.07) is 1.40. The van der Waals surface area contributed by atoms with Crippen molar-refractivity contribution in [2.75, 3.05) is 19.0 Å². The molecule has 18 heavy (non-hydrogen) atoms. The summed E-state index contributed by atoms with van der Waals surface area (Å²) in [7, 11) is 1.64. The lowest BCUT2D eigenvalue weighted by atomic mass is 10.5. The van der Waals surface area contributed by atoms with Gasteiger partial charge in [-0.3, -0.25) is 9.48 Å². The predicted octanol–water partition coefficient (Wildman–Crippen LogP) is 0.665. The van der Waals surface area contributed by atoms with Gasteiger partial charge in [0.25, 0.3) is 5.56 Å². The van der Waals surface area contributed by atoms with E-state index in [4.69, 9.17) is 4.74 Å². The number of H-pyrrole nitrogens is 1. The fourth-order valence-corrected chi connectivity index (χ4v) is 1.53. The van der Waals surface area contributed by atoms with E-state index in [-0.39, 0.29) is 5.56 Å². The number of nitrogens with zero attached hydrogens (tertiary/aromatic N) is 3. The third kappa shape index (κ3) is 3.17. The van der Waals surface area contributed by atoms with Gasteiger partial charge in [0, 0.05) is 19.4 Å². The molecule has 0 aromatic carbocycles. The second kappa shape index (κ2) is 5.46. The topological polar surface area (TPSA) is 84.8 Å². The summed E-state index contributed by atoms with van der Waals surface area (Å²) in [4.78, 5) is 18.0. The minimum Gasteiger partial charge on any atom is -0.383 e. The smallest absolute Gasteiger partial charge is 0.252 e. The van der Waals surface area contributed by atoms with Gasteiger partial charge in [0.05, 0.1) is 25.0 Å². The number of ether oxygens (including phenoxy) is 1. The van der Waals surface area contributed by atoms with Crippen LogP contribution in [0.4, 0.5) is 11.5 Å². The van der Waals surface area contributed by atoms with Gasteiger partial charge in [0.15, 0.2) is 0 Å². The van der Waals surface area contributed by atoms with Gasteiger partial charge >= 0.3 is 0 Å². The third-order valence-corrected chi connectivity index (χ3v) is 2.29. The average Bonchev–Trinajstić information content (AvgIpc) is 2.72. The highest BCUT2D eigenvalue weighted by molar-refractivity contribution is 5.53. The minimum absolute atomic E-state index is 0.184. The fraction of sp³-hybridized carbons (Fsp3) is 0.364. The minimum atomic E-state index is -0.184. The number of aromatic nitrogens is 4. The zero-order valence-electron chi connectivity index (χ0n) is 10.3. The Kier molecular flexibility index (Phi) is 3.73. The third-order valence-electron chi connectivity index (χ3n) is 2.29. The summed E-state index contributed by atoms with van der Waals surface area (Å²) in [5.74, 6) is 1.07. The van der Waals surface area contributed by atoms with Gasteiger partial charge in [0.1, 0.15) is 11.6 Å². The largest absolute Gasteiger partial charge is 0.383 e. The molecule has 2 N–H and O–H groups in total. The number of anilines is 2. The molecular formula is C11H15N5O2. The Bertz CT molecular complexity index is 575. The Morgan fingerprint density at radius 1 is 1.56 bits per heavy atom.